The standard InChI is InChI=1S/C18H20N2O4/c1-19-17(21)11-13-3-5-14(6-4-13)20-18(22)12-24-16-9-7-15(23-2)8-10-16/h3-10H,11-12H2,1-2H3,(H,19,21)(H,20,22). The molecular weight excluding hydrogens is 308 g/mol. The maximum absolute atomic E-state index is 11.9. The van der Waals surface area contributed by atoms with E-state index in [1.54, 1.807) is 62.7 Å². The fraction of sp³-hybridized carbons (Fsp3) is 0.222. The van der Waals surface area contributed by atoms with Crippen LogP contribution in [0.2, 0.25) is 0 Å². The van der Waals surface area contributed by atoms with Gasteiger partial charge in [-0.1, -0.05) is 12.1 Å². The van der Waals surface area contributed by atoms with E-state index in [1.807, 2.05) is 0 Å². The molecule has 0 aromatic heterocycles. The molecular formula is C18H20N2O4. The summed E-state index contributed by atoms with van der Waals surface area (Å²) in [5.41, 5.74) is 1.53. The molecule has 0 atom stereocenters. The van der Waals surface area contributed by atoms with Gasteiger partial charge in [0, 0.05) is 12.7 Å². The number of anilines is 1. The van der Waals surface area contributed by atoms with E-state index in [0.29, 0.717) is 17.9 Å². The summed E-state index contributed by atoms with van der Waals surface area (Å²) in [5, 5.41) is 5.31. The number of nitrogens with one attached hydrogen (secondary N) is 2. The fourth-order valence-corrected chi connectivity index (χ4v) is 2.00. The third kappa shape index (κ3) is 5.31. The van der Waals surface area contributed by atoms with Crippen LogP contribution < -0.4 is 20.1 Å². The molecule has 0 bridgehead atoms. The monoisotopic (exact) mass is 328 g/mol. The van der Waals surface area contributed by atoms with Crippen LogP contribution >= 0.6 is 0 Å². The molecule has 0 radical (unpaired) electrons. The lowest BCUT2D eigenvalue weighted by Gasteiger charge is -2.09. The van der Waals surface area contributed by atoms with E-state index in [2.05, 4.69) is 10.6 Å². The topological polar surface area (TPSA) is 76.7 Å². The maximum Gasteiger partial charge on any atom is 0.262 e. The number of hydrogen-bond acceptors (Lipinski definition) is 4. The molecule has 6 heteroatoms. The Balaban J connectivity index is 1.82. The van der Waals surface area contributed by atoms with Crippen molar-refractivity contribution < 1.29 is 19.1 Å². The summed E-state index contributed by atoms with van der Waals surface area (Å²) < 4.78 is 10.5. The zero-order chi connectivity index (χ0) is 17.4. The normalized spacial score (nSPS) is 9.92. The van der Waals surface area contributed by atoms with Crippen LogP contribution in [-0.2, 0) is 16.0 Å². The van der Waals surface area contributed by atoms with Crippen molar-refractivity contribution in [2.75, 3.05) is 26.1 Å². The average Bonchev–Trinajstić information content (AvgIpc) is 2.62. The van der Waals surface area contributed by atoms with Gasteiger partial charge in [-0.25, -0.2) is 0 Å². The average molecular weight is 328 g/mol. The van der Waals surface area contributed by atoms with Gasteiger partial charge >= 0.3 is 0 Å². The molecule has 6 nitrogen and oxygen atoms in total. The first kappa shape index (κ1) is 17.3. The fourth-order valence-electron chi connectivity index (χ4n) is 2.00. The number of amides is 2. The van der Waals surface area contributed by atoms with Crippen molar-refractivity contribution in [3.8, 4) is 11.5 Å². The summed E-state index contributed by atoms with van der Waals surface area (Å²) in [6, 6.07) is 14.1. The van der Waals surface area contributed by atoms with Crippen molar-refractivity contribution in [1.29, 1.82) is 0 Å². The number of methoxy groups -OCH3 is 1. The van der Waals surface area contributed by atoms with Gasteiger partial charge in [0.1, 0.15) is 11.5 Å². The predicted molar refractivity (Wildman–Crippen MR) is 91.3 cm³/mol. The van der Waals surface area contributed by atoms with Gasteiger partial charge in [-0.2, -0.15) is 0 Å². The van der Waals surface area contributed by atoms with E-state index >= 15 is 0 Å². The quantitative estimate of drug-likeness (QED) is 0.815. The van der Waals surface area contributed by atoms with Crippen LogP contribution in [0.15, 0.2) is 48.5 Å². The first-order valence-electron chi connectivity index (χ1n) is 7.47. The van der Waals surface area contributed by atoms with Crippen molar-refractivity contribution in [1.82, 2.24) is 5.32 Å². The zero-order valence-corrected chi connectivity index (χ0v) is 13.7. The number of benzene rings is 2. The number of carbonyl (C=O) groups is 2. The smallest absolute Gasteiger partial charge is 0.262 e. The lowest BCUT2D eigenvalue weighted by atomic mass is 10.1. The van der Waals surface area contributed by atoms with Crippen molar-refractivity contribution >= 4 is 17.5 Å². The van der Waals surface area contributed by atoms with Crippen LogP contribution in [0.4, 0.5) is 5.69 Å². The SMILES string of the molecule is CNC(=O)Cc1ccc(NC(=O)COc2ccc(OC)cc2)cc1. The third-order valence-electron chi connectivity index (χ3n) is 3.31. The zero-order valence-electron chi connectivity index (χ0n) is 13.7. The number of ether oxygens (including phenoxy) is 2. The van der Waals surface area contributed by atoms with Gasteiger partial charge in [0.2, 0.25) is 5.91 Å². The molecule has 2 aromatic carbocycles. The highest BCUT2D eigenvalue weighted by atomic mass is 16.5. The van der Waals surface area contributed by atoms with Gasteiger partial charge in [-0.15, -0.1) is 0 Å². The minimum absolute atomic E-state index is 0.0559. The van der Waals surface area contributed by atoms with E-state index in [9.17, 15) is 9.59 Å². The summed E-state index contributed by atoms with van der Waals surface area (Å²) in [5.74, 6) is 1.00. The Bertz CT molecular complexity index is 681. The molecule has 2 aromatic rings. The van der Waals surface area contributed by atoms with Gasteiger partial charge in [0.05, 0.1) is 13.5 Å². The second kappa shape index (κ2) is 8.57. The highest BCUT2D eigenvalue weighted by Gasteiger charge is 2.05. The number of hydrogen-bond donors (Lipinski definition) is 2. The molecule has 0 unspecified atom stereocenters. The number of likely N-dealkylation sites (N-methyl/N-ethyl adjacent to an activating group) is 1. The Hall–Kier alpha value is -3.02. The second-order valence-corrected chi connectivity index (χ2v) is 5.06. The van der Waals surface area contributed by atoms with Gasteiger partial charge in [-0.3, -0.25) is 9.59 Å². The lowest BCUT2D eigenvalue weighted by molar-refractivity contribution is -0.120. The van der Waals surface area contributed by atoms with Crippen molar-refractivity contribution in [3.63, 3.8) is 0 Å². The molecule has 24 heavy (non-hydrogen) atoms. The van der Waals surface area contributed by atoms with Crippen molar-refractivity contribution in [2.24, 2.45) is 0 Å². The Morgan fingerprint density at radius 3 is 2.12 bits per heavy atom. The van der Waals surface area contributed by atoms with E-state index in [1.165, 1.54) is 0 Å². The third-order valence-corrected chi connectivity index (χ3v) is 3.31. The lowest BCUT2D eigenvalue weighted by Crippen LogP contribution is -2.21. The first-order valence-corrected chi connectivity index (χ1v) is 7.47. The molecule has 0 saturated heterocycles. The minimum Gasteiger partial charge on any atom is -0.497 e. The van der Waals surface area contributed by atoms with Gasteiger partial charge in [0.25, 0.3) is 5.91 Å². The molecule has 0 aliphatic rings. The second-order valence-electron chi connectivity index (χ2n) is 5.06. The highest BCUT2D eigenvalue weighted by Crippen LogP contribution is 2.17. The van der Waals surface area contributed by atoms with E-state index < -0.39 is 0 Å². The Kier molecular flexibility index (Phi) is 6.19. The van der Waals surface area contributed by atoms with E-state index in [-0.39, 0.29) is 18.4 Å². The van der Waals surface area contributed by atoms with Crippen LogP contribution in [-0.4, -0.2) is 32.6 Å². The molecule has 0 fully saturated rings. The molecule has 2 rings (SSSR count). The van der Waals surface area contributed by atoms with Gasteiger partial charge in [-0.05, 0) is 42.0 Å². The van der Waals surface area contributed by atoms with Crippen LogP contribution in [0.3, 0.4) is 0 Å². The van der Waals surface area contributed by atoms with Gasteiger partial charge in [0.15, 0.2) is 6.61 Å². The largest absolute Gasteiger partial charge is 0.497 e. The summed E-state index contributed by atoms with van der Waals surface area (Å²) >= 11 is 0. The minimum atomic E-state index is -0.259. The molecule has 0 aliphatic carbocycles. The van der Waals surface area contributed by atoms with Crippen molar-refractivity contribution in [2.45, 2.75) is 6.42 Å². The number of carbonyl (C=O) groups excluding carboxylic acids is 2. The molecule has 2 N–H and O–H groups in total. The summed E-state index contributed by atoms with van der Waals surface area (Å²) in [6.07, 6.45) is 0.311. The molecule has 2 amide bonds. The molecule has 126 valence electrons. The molecule has 0 spiro atoms. The van der Waals surface area contributed by atoms with Crippen LogP contribution in [0.1, 0.15) is 5.56 Å². The summed E-state index contributed by atoms with van der Waals surface area (Å²) in [6.45, 7) is -0.0910. The molecule has 0 aliphatic heterocycles. The maximum atomic E-state index is 11.9. The van der Waals surface area contributed by atoms with Crippen LogP contribution in [0, 0.1) is 0 Å². The van der Waals surface area contributed by atoms with Gasteiger partial charge < -0.3 is 20.1 Å². The van der Waals surface area contributed by atoms with Crippen LogP contribution in [0.5, 0.6) is 11.5 Å². The summed E-state index contributed by atoms with van der Waals surface area (Å²) in [7, 11) is 3.18. The first-order chi connectivity index (χ1) is 11.6. The highest BCUT2D eigenvalue weighted by molar-refractivity contribution is 5.92. The Labute approximate surface area is 140 Å². The van der Waals surface area contributed by atoms with E-state index in [4.69, 9.17) is 9.47 Å². The Morgan fingerprint density at radius 2 is 1.54 bits per heavy atom. The summed E-state index contributed by atoms with van der Waals surface area (Å²) in [4.78, 5) is 23.2. The van der Waals surface area contributed by atoms with Crippen molar-refractivity contribution in [3.05, 3.63) is 54.1 Å². The van der Waals surface area contributed by atoms with E-state index in [0.717, 1.165) is 11.3 Å². The predicted octanol–water partition coefficient (Wildman–Crippen LogP) is 2.00. The number of rotatable bonds is 7. The molecule has 0 saturated carbocycles. The van der Waals surface area contributed by atoms with Crippen LogP contribution in [0.25, 0.3) is 0 Å². The molecule has 0 heterocycles. The Morgan fingerprint density at radius 1 is 0.917 bits per heavy atom.